The molecule has 4 N–H and O–H groups in total. The molecule has 0 radical (unpaired) electrons. The number of hydrogen-bond donors (Lipinski definition) is 3. The van der Waals surface area contributed by atoms with Crippen molar-refractivity contribution in [2.75, 3.05) is 10.7 Å². The number of anilines is 2. The molecular weight excluding hydrogens is 290 g/mol. The zero-order valence-electron chi connectivity index (χ0n) is 11.7. The lowest BCUT2D eigenvalue weighted by molar-refractivity contribution is 0.102. The Hall–Kier alpha value is -2.18. The maximum Gasteiger partial charge on any atom is 0.257 e. The highest BCUT2D eigenvalue weighted by Crippen LogP contribution is 2.18. The molecule has 2 aromatic heterocycles. The normalized spacial score (nSPS) is 10.5. The molecule has 0 aliphatic carbocycles. The van der Waals surface area contributed by atoms with Gasteiger partial charge in [0.25, 0.3) is 5.91 Å². The molecule has 0 aliphatic heterocycles. The van der Waals surface area contributed by atoms with Gasteiger partial charge in [0, 0.05) is 17.5 Å². The van der Waals surface area contributed by atoms with Gasteiger partial charge in [-0.15, -0.1) is 0 Å². The van der Waals surface area contributed by atoms with E-state index in [1.54, 1.807) is 24.3 Å². The molecule has 2 aromatic rings. The molecule has 110 valence electrons. The van der Waals surface area contributed by atoms with Crippen LogP contribution >= 0.6 is 11.6 Å². The third-order valence-corrected chi connectivity index (χ3v) is 3.04. The van der Waals surface area contributed by atoms with Crippen molar-refractivity contribution < 1.29 is 4.79 Å². The number of amides is 1. The summed E-state index contributed by atoms with van der Waals surface area (Å²) in [5.41, 5.74) is 3.70. The van der Waals surface area contributed by atoms with Crippen LogP contribution in [0.3, 0.4) is 0 Å². The predicted octanol–water partition coefficient (Wildman–Crippen LogP) is 2.79. The second-order valence-electron chi connectivity index (χ2n) is 4.78. The summed E-state index contributed by atoms with van der Waals surface area (Å²) in [5, 5.41) is 3.21. The second kappa shape index (κ2) is 6.51. The molecule has 0 bridgehead atoms. The first-order valence-electron chi connectivity index (χ1n) is 6.41. The Morgan fingerprint density at radius 1 is 1.29 bits per heavy atom. The van der Waals surface area contributed by atoms with Gasteiger partial charge < -0.3 is 10.7 Å². The molecule has 6 nitrogen and oxygen atoms in total. The van der Waals surface area contributed by atoms with Crippen LogP contribution < -0.4 is 16.6 Å². The van der Waals surface area contributed by atoms with Crippen molar-refractivity contribution in [2.45, 2.75) is 19.8 Å². The van der Waals surface area contributed by atoms with Crippen molar-refractivity contribution in [2.24, 2.45) is 5.84 Å². The molecule has 0 fully saturated rings. The molecule has 21 heavy (non-hydrogen) atoms. The molecular formula is C14H16ClN5O. The van der Waals surface area contributed by atoms with Gasteiger partial charge >= 0.3 is 0 Å². The van der Waals surface area contributed by atoms with Crippen molar-refractivity contribution in [3.05, 3.63) is 46.7 Å². The number of hydrogen-bond acceptors (Lipinski definition) is 5. The minimum atomic E-state index is -0.286. The molecule has 1 amide bonds. The van der Waals surface area contributed by atoms with E-state index in [9.17, 15) is 4.79 Å². The van der Waals surface area contributed by atoms with E-state index in [1.165, 1.54) is 6.20 Å². The van der Waals surface area contributed by atoms with E-state index < -0.39 is 0 Å². The molecule has 7 heteroatoms. The first-order valence-corrected chi connectivity index (χ1v) is 6.79. The van der Waals surface area contributed by atoms with Gasteiger partial charge in [0.1, 0.15) is 11.6 Å². The van der Waals surface area contributed by atoms with E-state index in [0.717, 1.165) is 5.69 Å². The molecule has 0 aliphatic rings. The van der Waals surface area contributed by atoms with Crippen LogP contribution in [0.4, 0.5) is 11.6 Å². The van der Waals surface area contributed by atoms with Crippen molar-refractivity contribution >= 4 is 29.1 Å². The summed E-state index contributed by atoms with van der Waals surface area (Å²) in [6.07, 6.45) is 1.47. The number of aromatic nitrogens is 2. The number of rotatable bonds is 4. The monoisotopic (exact) mass is 305 g/mol. The standard InChI is InChI=1S/C14H16ClN5O/c1-8(2)11-5-9(6-13(18-11)20-16)14(21)19-12-4-3-10(15)7-17-12/h3-8H,16H2,1-2H3,(H,18,20)(H,17,19,21). The maximum absolute atomic E-state index is 12.3. The average molecular weight is 306 g/mol. The number of pyridine rings is 2. The molecule has 2 heterocycles. The van der Waals surface area contributed by atoms with Gasteiger partial charge in [0.05, 0.1) is 5.02 Å². The van der Waals surface area contributed by atoms with Gasteiger partial charge in [0.15, 0.2) is 0 Å². The Labute approximate surface area is 127 Å². The Kier molecular flexibility index (Phi) is 4.72. The average Bonchev–Trinajstić information content (AvgIpc) is 2.49. The highest BCUT2D eigenvalue weighted by Gasteiger charge is 2.12. The number of nitrogens with zero attached hydrogens (tertiary/aromatic N) is 2. The molecule has 0 unspecified atom stereocenters. The zero-order valence-corrected chi connectivity index (χ0v) is 12.5. The lowest BCUT2D eigenvalue weighted by atomic mass is 10.1. The first kappa shape index (κ1) is 15.2. The van der Waals surface area contributed by atoms with Gasteiger partial charge in [-0.1, -0.05) is 25.4 Å². The fourth-order valence-corrected chi connectivity index (χ4v) is 1.80. The molecule has 2 rings (SSSR count). The van der Waals surface area contributed by atoms with Gasteiger partial charge in [0.2, 0.25) is 0 Å². The predicted molar refractivity (Wildman–Crippen MR) is 83.3 cm³/mol. The number of halogens is 1. The Bertz CT molecular complexity index is 642. The van der Waals surface area contributed by atoms with Crippen LogP contribution in [0, 0.1) is 0 Å². The van der Waals surface area contributed by atoms with E-state index in [4.69, 9.17) is 17.4 Å². The molecule has 0 saturated carbocycles. The van der Waals surface area contributed by atoms with Crippen LogP contribution in [0.5, 0.6) is 0 Å². The van der Waals surface area contributed by atoms with Gasteiger partial charge in [-0.25, -0.2) is 15.8 Å². The summed E-state index contributed by atoms with van der Waals surface area (Å²) in [7, 11) is 0. The summed E-state index contributed by atoms with van der Waals surface area (Å²) in [4.78, 5) is 20.6. The Morgan fingerprint density at radius 2 is 2.05 bits per heavy atom. The van der Waals surface area contributed by atoms with E-state index >= 15 is 0 Å². The SMILES string of the molecule is CC(C)c1cc(C(=O)Nc2ccc(Cl)cn2)cc(NN)n1. The van der Waals surface area contributed by atoms with Crippen molar-refractivity contribution in [1.82, 2.24) is 9.97 Å². The molecule has 0 atom stereocenters. The highest BCUT2D eigenvalue weighted by atomic mass is 35.5. The minimum Gasteiger partial charge on any atom is -0.308 e. The summed E-state index contributed by atoms with van der Waals surface area (Å²) in [6, 6.07) is 6.60. The Morgan fingerprint density at radius 3 is 2.62 bits per heavy atom. The largest absolute Gasteiger partial charge is 0.308 e. The summed E-state index contributed by atoms with van der Waals surface area (Å²) >= 11 is 5.75. The summed E-state index contributed by atoms with van der Waals surface area (Å²) in [6.45, 7) is 3.98. The lowest BCUT2D eigenvalue weighted by Crippen LogP contribution is -2.16. The van der Waals surface area contributed by atoms with Crippen LogP contribution in [0.25, 0.3) is 0 Å². The molecule has 0 saturated heterocycles. The number of carbonyl (C=O) groups excluding carboxylic acids is 1. The Balaban J connectivity index is 2.25. The van der Waals surface area contributed by atoms with Crippen molar-refractivity contribution in [3.63, 3.8) is 0 Å². The fraction of sp³-hybridized carbons (Fsp3) is 0.214. The third-order valence-electron chi connectivity index (χ3n) is 2.82. The van der Waals surface area contributed by atoms with Crippen molar-refractivity contribution in [1.29, 1.82) is 0 Å². The number of hydrazine groups is 1. The van der Waals surface area contributed by atoms with Crippen LogP contribution in [0.2, 0.25) is 5.02 Å². The quantitative estimate of drug-likeness (QED) is 0.596. The zero-order chi connectivity index (χ0) is 15.4. The van der Waals surface area contributed by atoms with Gasteiger partial charge in [-0.05, 0) is 30.2 Å². The minimum absolute atomic E-state index is 0.179. The van der Waals surface area contributed by atoms with Crippen molar-refractivity contribution in [3.8, 4) is 0 Å². The smallest absolute Gasteiger partial charge is 0.257 e. The first-order chi connectivity index (χ1) is 9.99. The van der Waals surface area contributed by atoms with E-state index in [1.807, 2.05) is 13.8 Å². The molecule has 0 spiro atoms. The van der Waals surface area contributed by atoms with Gasteiger partial charge in [-0.3, -0.25) is 4.79 Å². The highest BCUT2D eigenvalue weighted by molar-refractivity contribution is 6.30. The van der Waals surface area contributed by atoms with E-state index in [2.05, 4.69) is 20.7 Å². The number of carbonyl (C=O) groups is 1. The summed E-state index contributed by atoms with van der Waals surface area (Å²) in [5.74, 6) is 6.14. The summed E-state index contributed by atoms with van der Waals surface area (Å²) < 4.78 is 0. The topological polar surface area (TPSA) is 92.9 Å². The molecule has 0 aromatic carbocycles. The fourth-order valence-electron chi connectivity index (χ4n) is 1.69. The number of nitrogen functional groups attached to an aromatic ring is 1. The van der Waals surface area contributed by atoms with E-state index in [-0.39, 0.29) is 11.8 Å². The van der Waals surface area contributed by atoms with Crippen LogP contribution in [-0.2, 0) is 0 Å². The van der Waals surface area contributed by atoms with Crippen LogP contribution in [-0.4, -0.2) is 15.9 Å². The maximum atomic E-state index is 12.3. The number of nitrogens with two attached hydrogens (primary N) is 1. The van der Waals surface area contributed by atoms with E-state index in [0.29, 0.717) is 22.2 Å². The lowest BCUT2D eigenvalue weighted by Gasteiger charge is -2.11. The number of nitrogens with one attached hydrogen (secondary N) is 2. The third kappa shape index (κ3) is 3.90. The van der Waals surface area contributed by atoms with Crippen LogP contribution in [0.15, 0.2) is 30.5 Å². The van der Waals surface area contributed by atoms with Crippen LogP contribution in [0.1, 0.15) is 35.8 Å². The van der Waals surface area contributed by atoms with Gasteiger partial charge in [-0.2, -0.15) is 0 Å². The second-order valence-corrected chi connectivity index (χ2v) is 5.22.